The van der Waals surface area contributed by atoms with E-state index in [-0.39, 0.29) is 57.2 Å². The molecular weight excluding hydrogens is 440 g/mol. The Kier molecular flexibility index (Phi) is 5.01. The SMILES string of the molecule is CC1(C)C(=O)C(O)=C[C@]2(C)[C@H]3C(=O)C[C@@H]4[C@H]5C[C@@](C)(C(=O)O)CC[C@]5(C)CC[C@@]4(C)[C@]3(C)CC[C@@H]12. The molecule has 9 atom stereocenters. The number of carboxylic acids is 1. The highest BCUT2D eigenvalue weighted by molar-refractivity contribution is 5.99. The molecule has 0 aromatic heterocycles. The van der Waals surface area contributed by atoms with Crippen LogP contribution < -0.4 is 0 Å². The summed E-state index contributed by atoms with van der Waals surface area (Å²) in [6, 6.07) is 0. The van der Waals surface area contributed by atoms with E-state index in [0.29, 0.717) is 19.3 Å². The van der Waals surface area contributed by atoms with Gasteiger partial charge in [-0.15, -0.1) is 0 Å². The number of carbonyl (C=O) groups is 3. The summed E-state index contributed by atoms with van der Waals surface area (Å²) in [7, 11) is 0. The molecule has 5 aliphatic rings. The van der Waals surface area contributed by atoms with E-state index in [0.717, 1.165) is 32.1 Å². The van der Waals surface area contributed by atoms with Gasteiger partial charge in [0.15, 0.2) is 5.76 Å². The number of Topliss-reactive ketones (excluding diaryl/α,β-unsaturated/α-hetero) is 2. The molecule has 4 fully saturated rings. The average Bonchev–Trinajstić information content (AvgIpc) is 2.74. The van der Waals surface area contributed by atoms with E-state index in [1.54, 1.807) is 6.08 Å². The summed E-state index contributed by atoms with van der Waals surface area (Å²) in [6.45, 7) is 14.9. The number of ketones is 2. The lowest BCUT2D eigenvalue weighted by Crippen LogP contribution is -2.68. The summed E-state index contributed by atoms with van der Waals surface area (Å²) in [6.07, 6.45) is 8.36. The van der Waals surface area contributed by atoms with Gasteiger partial charge in [-0.3, -0.25) is 14.4 Å². The smallest absolute Gasteiger partial charge is 0.309 e. The molecule has 0 radical (unpaired) electrons. The highest BCUT2D eigenvalue weighted by atomic mass is 16.4. The molecule has 0 aromatic carbocycles. The van der Waals surface area contributed by atoms with Gasteiger partial charge >= 0.3 is 5.97 Å². The first-order chi connectivity index (χ1) is 16.0. The zero-order valence-corrected chi connectivity index (χ0v) is 22.7. The maximum absolute atomic E-state index is 14.3. The fourth-order valence-electron chi connectivity index (χ4n) is 10.6. The van der Waals surface area contributed by atoms with Gasteiger partial charge < -0.3 is 10.2 Å². The second-order valence-electron chi connectivity index (χ2n) is 14.9. The number of hydrogen-bond acceptors (Lipinski definition) is 4. The van der Waals surface area contributed by atoms with Crippen LogP contribution in [-0.2, 0) is 14.4 Å². The van der Waals surface area contributed by atoms with Gasteiger partial charge in [-0.25, -0.2) is 0 Å². The zero-order chi connectivity index (χ0) is 26.0. The lowest BCUT2D eigenvalue weighted by Gasteiger charge is -2.71. The molecule has 2 N–H and O–H groups in total. The number of allylic oxidation sites excluding steroid dienone is 2. The van der Waals surface area contributed by atoms with Gasteiger partial charge in [0.2, 0.25) is 5.78 Å². The number of rotatable bonds is 1. The number of aliphatic hydroxyl groups excluding tert-OH is 1. The first kappa shape index (κ1) is 25.0. The van der Waals surface area contributed by atoms with E-state index in [2.05, 4.69) is 27.7 Å². The largest absolute Gasteiger partial charge is 0.505 e. The number of aliphatic carboxylic acids is 1. The topological polar surface area (TPSA) is 91.7 Å². The van der Waals surface area contributed by atoms with Crippen LogP contribution in [0.25, 0.3) is 0 Å². The predicted octanol–water partition coefficient (Wildman–Crippen LogP) is 6.36. The van der Waals surface area contributed by atoms with Gasteiger partial charge in [-0.2, -0.15) is 0 Å². The van der Waals surface area contributed by atoms with Crippen molar-refractivity contribution in [2.75, 3.05) is 0 Å². The van der Waals surface area contributed by atoms with Crippen molar-refractivity contribution >= 4 is 17.5 Å². The van der Waals surface area contributed by atoms with Crippen molar-refractivity contribution < 1.29 is 24.6 Å². The first-order valence-electron chi connectivity index (χ1n) is 13.7. The van der Waals surface area contributed by atoms with Crippen LogP contribution in [0.15, 0.2) is 11.8 Å². The summed E-state index contributed by atoms with van der Waals surface area (Å²) >= 11 is 0. The Balaban J connectivity index is 1.61. The molecule has 5 nitrogen and oxygen atoms in total. The first-order valence-corrected chi connectivity index (χ1v) is 13.7. The maximum Gasteiger partial charge on any atom is 0.309 e. The second kappa shape index (κ2) is 7.01. The molecule has 0 aromatic rings. The highest BCUT2D eigenvalue weighted by Gasteiger charge is 2.72. The van der Waals surface area contributed by atoms with E-state index in [1.807, 2.05) is 20.8 Å². The second-order valence-corrected chi connectivity index (χ2v) is 14.9. The molecular formula is C30H44O5. The lowest BCUT2D eigenvalue weighted by atomic mass is 9.32. The lowest BCUT2D eigenvalue weighted by molar-refractivity contribution is -0.222. The molecule has 0 unspecified atom stereocenters. The summed E-state index contributed by atoms with van der Waals surface area (Å²) in [5, 5.41) is 20.8. The third-order valence-electron chi connectivity index (χ3n) is 13.0. The van der Waals surface area contributed by atoms with Gasteiger partial charge in [-0.1, -0.05) is 41.5 Å². The Morgan fingerprint density at radius 3 is 2.14 bits per heavy atom. The number of aliphatic hydroxyl groups is 1. The predicted molar refractivity (Wildman–Crippen MR) is 134 cm³/mol. The normalized spacial score (nSPS) is 52.9. The fraction of sp³-hybridized carbons (Fsp3) is 0.833. The van der Waals surface area contributed by atoms with E-state index in [4.69, 9.17) is 0 Å². The molecule has 0 bridgehead atoms. The van der Waals surface area contributed by atoms with Crippen LogP contribution in [0.3, 0.4) is 0 Å². The third-order valence-corrected chi connectivity index (χ3v) is 13.0. The van der Waals surface area contributed by atoms with Crippen LogP contribution in [0, 0.1) is 56.2 Å². The molecule has 0 spiro atoms. The summed E-state index contributed by atoms with van der Waals surface area (Å²) in [5.74, 6) is -0.688. The van der Waals surface area contributed by atoms with Gasteiger partial charge in [0.1, 0.15) is 5.78 Å². The minimum atomic E-state index is -0.727. The molecule has 0 amide bonds. The van der Waals surface area contributed by atoms with E-state index < -0.39 is 22.2 Å². The van der Waals surface area contributed by atoms with Crippen molar-refractivity contribution in [3.63, 3.8) is 0 Å². The summed E-state index contributed by atoms with van der Waals surface area (Å²) in [5.41, 5.74) is -2.26. The van der Waals surface area contributed by atoms with Gasteiger partial charge in [-0.05, 0) is 91.9 Å². The summed E-state index contributed by atoms with van der Waals surface area (Å²) < 4.78 is 0. The Hall–Kier alpha value is -1.65. The van der Waals surface area contributed by atoms with Crippen molar-refractivity contribution in [1.29, 1.82) is 0 Å². The van der Waals surface area contributed by atoms with Crippen LogP contribution in [0.2, 0.25) is 0 Å². The van der Waals surface area contributed by atoms with Gasteiger partial charge in [0.05, 0.1) is 5.41 Å². The van der Waals surface area contributed by atoms with Gasteiger partial charge in [0, 0.05) is 23.2 Å². The molecule has 0 aliphatic heterocycles. The number of fused-ring (bicyclic) bond motifs is 7. The summed E-state index contributed by atoms with van der Waals surface area (Å²) in [4.78, 5) is 39.4. The molecule has 4 saturated carbocycles. The molecule has 35 heavy (non-hydrogen) atoms. The molecule has 5 rings (SSSR count). The van der Waals surface area contributed by atoms with Crippen LogP contribution in [-0.4, -0.2) is 27.7 Å². The minimum absolute atomic E-state index is 0.0133. The maximum atomic E-state index is 14.3. The van der Waals surface area contributed by atoms with E-state index >= 15 is 0 Å². The van der Waals surface area contributed by atoms with Crippen molar-refractivity contribution in [1.82, 2.24) is 0 Å². The Labute approximate surface area is 210 Å². The molecule has 0 saturated heterocycles. The zero-order valence-electron chi connectivity index (χ0n) is 22.7. The van der Waals surface area contributed by atoms with Crippen LogP contribution in [0.5, 0.6) is 0 Å². The van der Waals surface area contributed by atoms with Crippen molar-refractivity contribution in [3.8, 4) is 0 Å². The average molecular weight is 485 g/mol. The number of hydrogen-bond donors (Lipinski definition) is 2. The molecule has 194 valence electrons. The Morgan fingerprint density at radius 2 is 1.51 bits per heavy atom. The number of carbonyl (C=O) groups excluding carboxylic acids is 2. The monoisotopic (exact) mass is 484 g/mol. The van der Waals surface area contributed by atoms with Crippen molar-refractivity contribution in [2.45, 2.75) is 99.8 Å². The molecule has 0 heterocycles. The molecule has 5 heteroatoms. The van der Waals surface area contributed by atoms with Crippen LogP contribution in [0.4, 0.5) is 0 Å². The van der Waals surface area contributed by atoms with E-state index in [9.17, 15) is 24.6 Å². The third kappa shape index (κ3) is 2.90. The van der Waals surface area contributed by atoms with E-state index in [1.165, 1.54) is 0 Å². The van der Waals surface area contributed by atoms with Crippen LogP contribution in [0.1, 0.15) is 99.8 Å². The minimum Gasteiger partial charge on any atom is -0.505 e. The number of carboxylic acid groups (broad SMARTS) is 1. The van der Waals surface area contributed by atoms with Gasteiger partial charge in [0.25, 0.3) is 0 Å². The fourth-order valence-corrected chi connectivity index (χ4v) is 10.6. The molecule has 5 aliphatic carbocycles. The van der Waals surface area contributed by atoms with Crippen LogP contribution >= 0.6 is 0 Å². The quantitative estimate of drug-likeness (QED) is 0.452. The highest BCUT2D eigenvalue weighted by Crippen LogP contribution is 2.75. The van der Waals surface area contributed by atoms with Crippen molar-refractivity contribution in [3.05, 3.63) is 11.8 Å². The van der Waals surface area contributed by atoms with Crippen molar-refractivity contribution in [2.24, 2.45) is 56.2 Å². The standard InChI is InChI=1S/C30H44O5/c1-25(2)21-8-9-30(7)22(28(21,5)16-20(32)23(25)33)19(31)14-17-18-15-27(4,24(34)35)11-10-26(18,3)12-13-29(17,30)6/h16-18,21-22,32H,8-15H2,1-7H3,(H,34,35)/t17-,18-,21+,22-,26-,27+,28+,29-,30-/m1/s1. The Morgan fingerprint density at radius 1 is 0.886 bits per heavy atom. The Bertz CT molecular complexity index is 1040.